The fourth-order valence-electron chi connectivity index (χ4n) is 1.91. The molecule has 0 rings (SSSR count). The summed E-state index contributed by atoms with van der Waals surface area (Å²) in [5.74, 6) is -0.481. The summed E-state index contributed by atoms with van der Waals surface area (Å²) < 4.78 is 0. The molecular formula is C17H35NO. The molecule has 0 aromatic rings. The molecule has 0 atom stereocenters. The lowest BCUT2D eigenvalue weighted by Crippen LogP contribution is -2.04. The van der Waals surface area contributed by atoms with Crippen LogP contribution >= 0.6 is 0 Å². The van der Waals surface area contributed by atoms with Gasteiger partial charge in [-0.3, -0.25) is 4.79 Å². The molecule has 0 aliphatic carbocycles. The summed E-state index contributed by atoms with van der Waals surface area (Å²) in [6.07, 6.45) is 18.5. The third-order valence-corrected chi connectivity index (χ3v) is 3.16. The Kier molecular flexibility index (Phi) is 21.1. The Hall–Kier alpha value is -0.790. The number of carbonyl (C=O) groups is 1. The Morgan fingerprint density at radius 1 is 0.789 bits per heavy atom. The first kappa shape index (κ1) is 20.5. The maximum atomic E-state index is 9.47. The first-order valence-electron chi connectivity index (χ1n) is 8.10. The summed E-state index contributed by atoms with van der Waals surface area (Å²) in [6, 6.07) is 0. The number of primary amides is 1. The van der Waals surface area contributed by atoms with Gasteiger partial charge in [0.25, 0.3) is 0 Å². The van der Waals surface area contributed by atoms with E-state index in [9.17, 15) is 4.79 Å². The van der Waals surface area contributed by atoms with Gasteiger partial charge < -0.3 is 5.73 Å². The van der Waals surface area contributed by atoms with E-state index in [2.05, 4.69) is 26.2 Å². The Bertz CT molecular complexity index is 178. The molecule has 0 spiro atoms. The van der Waals surface area contributed by atoms with Crippen LogP contribution in [0.25, 0.3) is 0 Å². The van der Waals surface area contributed by atoms with Crippen LogP contribution in [-0.4, -0.2) is 5.91 Å². The van der Waals surface area contributed by atoms with Crippen LogP contribution in [0.3, 0.4) is 0 Å². The lowest BCUT2D eigenvalue weighted by Gasteiger charge is -2.01. The summed E-state index contributed by atoms with van der Waals surface area (Å²) in [5, 5.41) is 0. The minimum atomic E-state index is -0.481. The number of hydrogen-bond donors (Lipinski definition) is 1. The summed E-state index contributed by atoms with van der Waals surface area (Å²) in [5.41, 5.74) is 4.53. The zero-order valence-electron chi connectivity index (χ0n) is 13.3. The van der Waals surface area contributed by atoms with Crippen molar-refractivity contribution < 1.29 is 4.79 Å². The molecule has 0 radical (unpaired) electrons. The van der Waals surface area contributed by atoms with Crippen LogP contribution < -0.4 is 5.73 Å². The topological polar surface area (TPSA) is 43.1 Å². The van der Waals surface area contributed by atoms with Crippen molar-refractivity contribution in [2.75, 3.05) is 0 Å². The van der Waals surface area contributed by atoms with Gasteiger partial charge in [0.2, 0.25) is 5.91 Å². The van der Waals surface area contributed by atoms with E-state index in [1.807, 2.05) is 0 Å². The minimum Gasteiger partial charge on any atom is -0.366 e. The number of unbranched alkanes of at least 4 members (excludes halogenated alkanes) is 11. The van der Waals surface area contributed by atoms with Gasteiger partial charge in [0.05, 0.1) is 0 Å². The van der Waals surface area contributed by atoms with Crippen molar-refractivity contribution in [3.63, 3.8) is 0 Å². The Morgan fingerprint density at radius 2 is 1.00 bits per heavy atom. The maximum Gasteiger partial charge on any atom is 0.240 e. The van der Waals surface area contributed by atoms with Crippen LogP contribution in [0.2, 0.25) is 0 Å². The number of rotatable bonds is 12. The van der Waals surface area contributed by atoms with Crippen LogP contribution in [0, 0.1) is 0 Å². The first-order valence-corrected chi connectivity index (χ1v) is 8.10. The molecule has 0 saturated carbocycles. The monoisotopic (exact) mass is 269 g/mol. The van der Waals surface area contributed by atoms with Crippen LogP contribution in [0.1, 0.15) is 90.9 Å². The van der Waals surface area contributed by atoms with Gasteiger partial charge in [-0.05, 0) is 6.08 Å². The van der Waals surface area contributed by atoms with Crippen LogP contribution in [0.4, 0.5) is 0 Å². The Morgan fingerprint density at radius 3 is 1.16 bits per heavy atom. The van der Waals surface area contributed by atoms with Crippen molar-refractivity contribution in [2.45, 2.75) is 90.9 Å². The molecule has 0 heterocycles. The zero-order chi connectivity index (χ0) is 14.8. The molecule has 1 amide bonds. The van der Waals surface area contributed by atoms with Gasteiger partial charge in [-0.1, -0.05) is 97.5 Å². The van der Waals surface area contributed by atoms with Gasteiger partial charge >= 0.3 is 0 Å². The molecule has 0 aliphatic rings. The molecule has 19 heavy (non-hydrogen) atoms. The quantitative estimate of drug-likeness (QED) is 0.376. The van der Waals surface area contributed by atoms with Gasteiger partial charge in [-0.15, -0.1) is 0 Å². The van der Waals surface area contributed by atoms with Crippen molar-refractivity contribution in [3.8, 4) is 0 Å². The van der Waals surface area contributed by atoms with E-state index in [0.29, 0.717) is 0 Å². The third-order valence-electron chi connectivity index (χ3n) is 3.16. The number of nitrogens with two attached hydrogens (primary N) is 1. The molecule has 0 saturated heterocycles. The summed E-state index contributed by atoms with van der Waals surface area (Å²) in [7, 11) is 0. The Balaban J connectivity index is 0. The second kappa shape index (κ2) is 19.5. The van der Waals surface area contributed by atoms with Gasteiger partial charge in [-0.2, -0.15) is 0 Å². The number of amides is 1. The fourth-order valence-corrected chi connectivity index (χ4v) is 1.91. The van der Waals surface area contributed by atoms with Crippen molar-refractivity contribution in [1.29, 1.82) is 0 Å². The highest BCUT2D eigenvalue weighted by Crippen LogP contribution is 2.11. The molecule has 2 nitrogen and oxygen atoms in total. The van der Waals surface area contributed by atoms with Crippen LogP contribution in [0.5, 0.6) is 0 Å². The van der Waals surface area contributed by atoms with E-state index in [0.717, 1.165) is 6.08 Å². The fraction of sp³-hybridized carbons (Fsp3) is 0.824. The average Bonchev–Trinajstić information content (AvgIpc) is 2.41. The Labute approximate surface area is 120 Å². The molecule has 0 bridgehead atoms. The minimum absolute atomic E-state index is 0.481. The smallest absolute Gasteiger partial charge is 0.240 e. The normalized spacial score (nSPS) is 9.58. The van der Waals surface area contributed by atoms with Gasteiger partial charge in [-0.25, -0.2) is 0 Å². The van der Waals surface area contributed by atoms with Gasteiger partial charge in [0.15, 0.2) is 0 Å². The predicted octanol–water partition coefficient (Wildman–Crippen LogP) is 5.37. The summed E-state index contributed by atoms with van der Waals surface area (Å²) >= 11 is 0. The van der Waals surface area contributed by atoms with Gasteiger partial charge in [0, 0.05) is 0 Å². The molecule has 2 heteroatoms. The molecule has 0 fully saturated rings. The second-order valence-electron chi connectivity index (χ2n) is 5.14. The third kappa shape index (κ3) is 26.7. The summed E-state index contributed by atoms with van der Waals surface area (Å²) in [4.78, 5) is 9.47. The van der Waals surface area contributed by atoms with Crippen molar-refractivity contribution in [1.82, 2.24) is 0 Å². The van der Waals surface area contributed by atoms with E-state index < -0.39 is 5.91 Å². The molecule has 0 unspecified atom stereocenters. The number of carbonyl (C=O) groups excluding carboxylic acids is 1. The van der Waals surface area contributed by atoms with E-state index in [1.165, 1.54) is 77.0 Å². The lowest BCUT2D eigenvalue weighted by atomic mass is 10.1. The molecule has 0 aromatic carbocycles. The van der Waals surface area contributed by atoms with Gasteiger partial charge in [0.1, 0.15) is 0 Å². The highest BCUT2D eigenvalue weighted by molar-refractivity contribution is 5.84. The predicted molar refractivity (Wildman–Crippen MR) is 86.1 cm³/mol. The average molecular weight is 269 g/mol. The zero-order valence-corrected chi connectivity index (χ0v) is 13.3. The summed E-state index contributed by atoms with van der Waals surface area (Å²) in [6.45, 7) is 7.66. The molecular weight excluding hydrogens is 234 g/mol. The van der Waals surface area contributed by atoms with Crippen molar-refractivity contribution in [3.05, 3.63) is 12.7 Å². The van der Waals surface area contributed by atoms with E-state index in [-0.39, 0.29) is 0 Å². The SMILES string of the molecule is C=CC(N)=O.CCCCCCCCCCCCCC. The first-order chi connectivity index (χ1) is 9.18. The van der Waals surface area contributed by atoms with E-state index in [1.54, 1.807) is 0 Å². The maximum absolute atomic E-state index is 9.47. The largest absolute Gasteiger partial charge is 0.366 e. The van der Waals surface area contributed by atoms with Crippen molar-refractivity contribution >= 4 is 5.91 Å². The van der Waals surface area contributed by atoms with E-state index >= 15 is 0 Å². The van der Waals surface area contributed by atoms with Crippen LogP contribution in [-0.2, 0) is 4.79 Å². The van der Waals surface area contributed by atoms with Crippen LogP contribution in [0.15, 0.2) is 12.7 Å². The highest BCUT2D eigenvalue weighted by atomic mass is 16.1. The molecule has 0 aromatic heterocycles. The lowest BCUT2D eigenvalue weighted by molar-refractivity contribution is -0.113. The molecule has 0 aliphatic heterocycles. The second-order valence-corrected chi connectivity index (χ2v) is 5.14. The number of hydrogen-bond acceptors (Lipinski definition) is 1. The highest BCUT2D eigenvalue weighted by Gasteiger charge is 1.91. The van der Waals surface area contributed by atoms with Crippen molar-refractivity contribution in [2.24, 2.45) is 5.73 Å². The molecule has 114 valence electrons. The molecule has 2 N–H and O–H groups in total. The van der Waals surface area contributed by atoms with E-state index in [4.69, 9.17) is 0 Å². The standard InChI is InChI=1S/C14H30.C3H5NO/c1-3-5-7-9-11-13-14-12-10-8-6-4-2;1-2-3(4)5/h3-14H2,1-2H3;2H,1H2,(H2,4,5).